The SMILES string of the molecule is Cc1ccc(-n2nc(C)c(S(=O)(=O)N(C)Cc3ccccc3)c2C)cc1. The molecule has 0 spiro atoms. The molecule has 3 aromatic rings. The van der Waals surface area contributed by atoms with E-state index in [1.807, 2.05) is 61.5 Å². The first-order valence-corrected chi connectivity index (χ1v) is 9.88. The minimum Gasteiger partial charge on any atom is -0.236 e. The molecule has 1 heterocycles. The van der Waals surface area contributed by atoms with Crippen molar-refractivity contribution in [3.8, 4) is 5.69 Å². The molecule has 3 rings (SSSR count). The van der Waals surface area contributed by atoms with Crippen LogP contribution in [0.2, 0.25) is 0 Å². The van der Waals surface area contributed by atoms with Gasteiger partial charge < -0.3 is 0 Å². The molecule has 2 aromatic carbocycles. The van der Waals surface area contributed by atoms with E-state index in [0.717, 1.165) is 16.8 Å². The predicted molar refractivity (Wildman–Crippen MR) is 103 cm³/mol. The van der Waals surface area contributed by atoms with Crippen LogP contribution in [0, 0.1) is 20.8 Å². The summed E-state index contributed by atoms with van der Waals surface area (Å²) in [6.45, 7) is 5.86. The Morgan fingerprint density at radius 1 is 0.962 bits per heavy atom. The lowest BCUT2D eigenvalue weighted by Gasteiger charge is -2.17. The fourth-order valence-electron chi connectivity index (χ4n) is 3.02. The van der Waals surface area contributed by atoms with Gasteiger partial charge in [0.25, 0.3) is 0 Å². The molecule has 0 radical (unpaired) electrons. The van der Waals surface area contributed by atoms with Crippen molar-refractivity contribution in [2.45, 2.75) is 32.2 Å². The maximum Gasteiger partial charge on any atom is 0.246 e. The number of aryl methyl sites for hydroxylation is 2. The third-order valence-corrected chi connectivity index (χ3v) is 6.48. The summed E-state index contributed by atoms with van der Waals surface area (Å²) in [5.41, 5.74) is 4.06. The number of aromatic nitrogens is 2. The number of rotatable bonds is 5. The van der Waals surface area contributed by atoms with Crippen LogP contribution in [0.1, 0.15) is 22.5 Å². The molecular formula is C20H23N3O2S. The fourth-order valence-corrected chi connectivity index (χ4v) is 4.53. The Kier molecular flexibility index (Phi) is 4.98. The van der Waals surface area contributed by atoms with Gasteiger partial charge in [0.15, 0.2) is 0 Å². The second kappa shape index (κ2) is 7.05. The molecule has 26 heavy (non-hydrogen) atoms. The van der Waals surface area contributed by atoms with Crippen LogP contribution >= 0.6 is 0 Å². The summed E-state index contributed by atoms with van der Waals surface area (Å²) in [5.74, 6) is 0. The van der Waals surface area contributed by atoms with Gasteiger partial charge in [-0.1, -0.05) is 48.0 Å². The van der Waals surface area contributed by atoms with Crippen LogP contribution in [0.15, 0.2) is 59.5 Å². The average Bonchev–Trinajstić information content (AvgIpc) is 2.91. The van der Waals surface area contributed by atoms with Crippen molar-refractivity contribution < 1.29 is 8.42 Å². The Morgan fingerprint density at radius 2 is 1.58 bits per heavy atom. The average molecular weight is 369 g/mol. The smallest absolute Gasteiger partial charge is 0.236 e. The van der Waals surface area contributed by atoms with Crippen molar-refractivity contribution in [2.75, 3.05) is 7.05 Å². The second-order valence-electron chi connectivity index (χ2n) is 6.49. The second-order valence-corrected chi connectivity index (χ2v) is 8.48. The van der Waals surface area contributed by atoms with E-state index in [1.54, 1.807) is 25.6 Å². The van der Waals surface area contributed by atoms with Crippen LogP contribution in [-0.4, -0.2) is 29.6 Å². The van der Waals surface area contributed by atoms with Crippen LogP contribution < -0.4 is 0 Å². The van der Waals surface area contributed by atoms with Gasteiger partial charge in [0.1, 0.15) is 4.90 Å². The highest BCUT2D eigenvalue weighted by Gasteiger charge is 2.29. The van der Waals surface area contributed by atoms with Gasteiger partial charge in [-0.3, -0.25) is 0 Å². The number of benzene rings is 2. The van der Waals surface area contributed by atoms with Crippen LogP contribution in [-0.2, 0) is 16.6 Å². The van der Waals surface area contributed by atoms with Gasteiger partial charge in [0, 0.05) is 13.6 Å². The van der Waals surface area contributed by atoms with Crippen LogP contribution in [0.3, 0.4) is 0 Å². The number of sulfonamides is 1. The minimum absolute atomic E-state index is 0.275. The molecule has 0 fully saturated rings. The molecule has 6 heteroatoms. The molecule has 0 saturated heterocycles. The molecule has 0 amide bonds. The largest absolute Gasteiger partial charge is 0.246 e. The molecule has 0 unspecified atom stereocenters. The van der Waals surface area contributed by atoms with Crippen LogP contribution in [0.25, 0.3) is 5.69 Å². The van der Waals surface area contributed by atoms with E-state index in [2.05, 4.69) is 5.10 Å². The Hall–Kier alpha value is -2.44. The zero-order valence-electron chi connectivity index (χ0n) is 15.5. The molecule has 0 bridgehead atoms. The van der Waals surface area contributed by atoms with Crippen molar-refractivity contribution in [3.63, 3.8) is 0 Å². The van der Waals surface area contributed by atoms with Gasteiger partial charge in [0.2, 0.25) is 10.0 Å². The van der Waals surface area contributed by atoms with Crippen LogP contribution in [0.4, 0.5) is 0 Å². The van der Waals surface area contributed by atoms with Crippen molar-refractivity contribution >= 4 is 10.0 Å². The maximum absolute atomic E-state index is 13.1. The Bertz CT molecular complexity index is 1010. The minimum atomic E-state index is -3.64. The monoisotopic (exact) mass is 369 g/mol. The van der Waals surface area contributed by atoms with E-state index in [-0.39, 0.29) is 4.90 Å². The summed E-state index contributed by atoms with van der Waals surface area (Å²) < 4.78 is 29.4. The normalized spacial score (nSPS) is 11.9. The first-order chi connectivity index (χ1) is 12.3. The Morgan fingerprint density at radius 3 is 2.19 bits per heavy atom. The maximum atomic E-state index is 13.1. The first kappa shape index (κ1) is 18.4. The summed E-state index contributed by atoms with van der Waals surface area (Å²) in [6.07, 6.45) is 0. The van der Waals surface area contributed by atoms with Crippen molar-refractivity contribution in [3.05, 3.63) is 77.1 Å². The summed E-state index contributed by atoms with van der Waals surface area (Å²) in [6, 6.07) is 17.4. The molecular weight excluding hydrogens is 346 g/mol. The molecule has 0 aliphatic heterocycles. The summed E-state index contributed by atoms with van der Waals surface area (Å²) in [7, 11) is -2.04. The summed E-state index contributed by atoms with van der Waals surface area (Å²) in [5, 5.41) is 4.48. The zero-order valence-corrected chi connectivity index (χ0v) is 16.3. The molecule has 136 valence electrons. The fraction of sp³-hybridized carbons (Fsp3) is 0.250. The van der Waals surface area contributed by atoms with Gasteiger partial charge in [-0.15, -0.1) is 0 Å². The van der Waals surface area contributed by atoms with E-state index in [9.17, 15) is 8.42 Å². The number of hydrogen-bond acceptors (Lipinski definition) is 3. The van der Waals surface area contributed by atoms with Crippen molar-refractivity contribution in [1.82, 2.24) is 14.1 Å². The van der Waals surface area contributed by atoms with Crippen LogP contribution in [0.5, 0.6) is 0 Å². The quantitative estimate of drug-likeness (QED) is 0.690. The predicted octanol–water partition coefficient (Wildman–Crippen LogP) is 3.62. The molecule has 5 nitrogen and oxygen atoms in total. The molecule has 0 aliphatic carbocycles. The Balaban J connectivity index is 1.99. The van der Waals surface area contributed by atoms with Crippen molar-refractivity contribution in [1.29, 1.82) is 0 Å². The van der Waals surface area contributed by atoms with E-state index >= 15 is 0 Å². The van der Waals surface area contributed by atoms with E-state index in [1.165, 1.54) is 4.31 Å². The van der Waals surface area contributed by atoms with E-state index < -0.39 is 10.0 Å². The van der Waals surface area contributed by atoms with Gasteiger partial charge in [-0.2, -0.15) is 9.40 Å². The van der Waals surface area contributed by atoms with Gasteiger partial charge in [-0.05, 0) is 38.5 Å². The lowest BCUT2D eigenvalue weighted by Crippen LogP contribution is -2.27. The third kappa shape index (κ3) is 3.43. The lowest BCUT2D eigenvalue weighted by atomic mass is 10.2. The highest BCUT2D eigenvalue weighted by molar-refractivity contribution is 7.89. The van der Waals surface area contributed by atoms with E-state index in [0.29, 0.717) is 17.9 Å². The molecule has 0 atom stereocenters. The lowest BCUT2D eigenvalue weighted by molar-refractivity contribution is 0.466. The summed E-state index contributed by atoms with van der Waals surface area (Å²) in [4.78, 5) is 0.275. The summed E-state index contributed by atoms with van der Waals surface area (Å²) >= 11 is 0. The number of nitrogens with zero attached hydrogens (tertiary/aromatic N) is 3. The molecule has 0 saturated carbocycles. The van der Waals surface area contributed by atoms with Crippen molar-refractivity contribution in [2.24, 2.45) is 0 Å². The first-order valence-electron chi connectivity index (χ1n) is 8.44. The van der Waals surface area contributed by atoms with Gasteiger partial charge in [0.05, 0.1) is 17.1 Å². The van der Waals surface area contributed by atoms with E-state index in [4.69, 9.17) is 0 Å². The highest BCUT2D eigenvalue weighted by Crippen LogP contribution is 2.26. The van der Waals surface area contributed by atoms with Gasteiger partial charge >= 0.3 is 0 Å². The molecule has 1 aromatic heterocycles. The number of hydrogen-bond donors (Lipinski definition) is 0. The highest BCUT2D eigenvalue weighted by atomic mass is 32.2. The van der Waals surface area contributed by atoms with Gasteiger partial charge in [-0.25, -0.2) is 13.1 Å². The molecule has 0 aliphatic rings. The topological polar surface area (TPSA) is 55.2 Å². The zero-order chi connectivity index (χ0) is 18.9. The third-order valence-electron chi connectivity index (χ3n) is 4.42. The standard InChI is InChI=1S/C20H23N3O2S/c1-15-10-12-19(13-11-15)23-17(3)20(16(2)21-23)26(24,25)22(4)14-18-8-6-5-7-9-18/h5-13H,14H2,1-4H3. The Labute approximate surface area is 154 Å². The molecule has 0 N–H and O–H groups in total.